The zero-order valence-corrected chi connectivity index (χ0v) is 11.2. The van der Waals surface area contributed by atoms with Gasteiger partial charge in [0.15, 0.2) is 0 Å². The van der Waals surface area contributed by atoms with E-state index in [2.05, 4.69) is 11.4 Å². The quantitative estimate of drug-likeness (QED) is 0.804. The van der Waals surface area contributed by atoms with Gasteiger partial charge in [-0.3, -0.25) is 0 Å². The number of nitriles is 1. The molecule has 0 atom stereocenters. The molecule has 2 N–H and O–H groups in total. The highest BCUT2D eigenvalue weighted by atomic mass is 16.5. The number of methoxy groups -OCH3 is 1. The number of aliphatic hydroxyl groups excluding tert-OH is 1. The molecule has 0 saturated carbocycles. The lowest BCUT2D eigenvalue weighted by Gasteiger charge is -2.22. The number of benzene rings is 1. The molecule has 0 aliphatic heterocycles. The van der Waals surface area contributed by atoms with E-state index in [4.69, 9.17) is 15.1 Å². The van der Waals surface area contributed by atoms with Crippen LogP contribution in [0.3, 0.4) is 0 Å². The molecule has 4 heteroatoms. The zero-order chi connectivity index (χ0) is 13.6. The van der Waals surface area contributed by atoms with Crippen molar-refractivity contribution in [3.8, 4) is 11.8 Å². The maximum atomic E-state index is 9.15. The summed E-state index contributed by atoms with van der Waals surface area (Å²) in [7, 11) is 1.56. The van der Waals surface area contributed by atoms with Crippen LogP contribution in [-0.2, 0) is 6.54 Å². The summed E-state index contributed by atoms with van der Waals surface area (Å²) < 4.78 is 5.16. The average Bonchev–Trinajstić information content (AvgIpc) is 2.38. The number of nitrogens with zero attached hydrogens (tertiary/aromatic N) is 1. The molecular weight excluding hydrogens is 228 g/mol. The van der Waals surface area contributed by atoms with Crippen molar-refractivity contribution in [1.29, 1.82) is 5.26 Å². The maximum Gasteiger partial charge on any atom is 0.136 e. The summed E-state index contributed by atoms with van der Waals surface area (Å²) in [5, 5.41) is 21.3. The smallest absolute Gasteiger partial charge is 0.136 e. The van der Waals surface area contributed by atoms with Crippen molar-refractivity contribution in [2.75, 3.05) is 20.3 Å². The Kier molecular flexibility index (Phi) is 5.14. The molecule has 0 radical (unpaired) electrons. The molecule has 0 aromatic heterocycles. The zero-order valence-electron chi connectivity index (χ0n) is 11.2. The van der Waals surface area contributed by atoms with Crippen LogP contribution in [0, 0.1) is 16.7 Å². The van der Waals surface area contributed by atoms with Crippen LogP contribution in [0.2, 0.25) is 0 Å². The van der Waals surface area contributed by atoms with Crippen molar-refractivity contribution in [2.45, 2.75) is 20.4 Å². The van der Waals surface area contributed by atoms with E-state index in [0.29, 0.717) is 17.9 Å². The highest BCUT2D eigenvalue weighted by Gasteiger charge is 2.15. The van der Waals surface area contributed by atoms with E-state index in [0.717, 1.165) is 12.1 Å². The molecule has 0 heterocycles. The SMILES string of the molecule is COc1cc(CNCC(C)(C)CO)ccc1C#N. The second-order valence-corrected chi connectivity index (χ2v) is 5.07. The van der Waals surface area contributed by atoms with Crippen molar-refractivity contribution in [1.82, 2.24) is 5.32 Å². The molecular formula is C14H20N2O2. The third kappa shape index (κ3) is 4.02. The first-order valence-corrected chi connectivity index (χ1v) is 5.91. The van der Waals surface area contributed by atoms with E-state index in [1.54, 1.807) is 13.2 Å². The Labute approximate surface area is 108 Å². The first-order valence-electron chi connectivity index (χ1n) is 5.91. The van der Waals surface area contributed by atoms with Gasteiger partial charge in [0.1, 0.15) is 11.8 Å². The van der Waals surface area contributed by atoms with Gasteiger partial charge in [-0.25, -0.2) is 0 Å². The Hall–Kier alpha value is -1.57. The first kappa shape index (κ1) is 14.5. The van der Waals surface area contributed by atoms with Gasteiger partial charge < -0.3 is 15.2 Å². The monoisotopic (exact) mass is 248 g/mol. The van der Waals surface area contributed by atoms with Gasteiger partial charge in [0.2, 0.25) is 0 Å². The van der Waals surface area contributed by atoms with E-state index in [1.807, 2.05) is 26.0 Å². The Bertz CT molecular complexity index is 436. The molecule has 0 saturated heterocycles. The molecule has 0 aliphatic carbocycles. The van der Waals surface area contributed by atoms with Gasteiger partial charge in [-0.2, -0.15) is 5.26 Å². The molecule has 0 unspecified atom stereocenters. The summed E-state index contributed by atoms with van der Waals surface area (Å²) in [5.41, 5.74) is 1.47. The lowest BCUT2D eigenvalue weighted by Crippen LogP contribution is -2.31. The number of rotatable bonds is 6. The predicted molar refractivity (Wildman–Crippen MR) is 70.3 cm³/mol. The fourth-order valence-electron chi connectivity index (χ4n) is 1.54. The molecule has 0 amide bonds. The van der Waals surface area contributed by atoms with Crippen LogP contribution in [0.5, 0.6) is 5.75 Å². The second kappa shape index (κ2) is 6.39. The highest BCUT2D eigenvalue weighted by Crippen LogP contribution is 2.19. The fourth-order valence-corrected chi connectivity index (χ4v) is 1.54. The molecule has 0 fully saturated rings. The highest BCUT2D eigenvalue weighted by molar-refractivity contribution is 5.45. The molecule has 18 heavy (non-hydrogen) atoms. The topological polar surface area (TPSA) is 65.3 Å². The molecule has 98 valence electrons. The van der Waals surface area contributed by atoms with Crippen LogP contribution >= 0.6 is 0 Å². The lowest BCUT2D eigenvalue weighted by molar-refractivity contribution is 0.156. The molecule has 4 nitrogen and oxygen atoms in total. The minimum atomic E-state index is -0.128. The summed E-state index contributed by atoms with van der Waals surface area (Å²) in [6.07, 6.45) is 0. The summed E-state index contributed by atoms with van der Waals surface area (Å²) in [6, 6.07) is 7.60. The average molecular weight is 248 g/mol. The van der Waals surface area contributed by atoms with Gasteiger partial charge in [0.05, 0.1) is 12.7 Å². The van der Waals surface area contributed by atoms with Gasteiger partial charge in [-0.1, -0.05) is 19.9 Å². The molecule has 1 aromatic carbocycles. The number of aliphatic hydroxyl groups is 1. The largest absolute Gasteiger partial charge is 0.495 e. The van der Waals surface area contributed by atoms with Crippen LogP contribution in [0.25, 0.3) is 0 Å². The Morgan fingerprint density at radius 3 is 2.72 bits per heavy atom. The van der Waals surface area contributed by atoms with E-state index in [-0.39, 0.29) is 12.0 Å². The second-order valence-electron chi connectivity index (χ2n) is 5.07. The van der Waals surface area contributed by atoms with Gasteiger partial charge in [-0.05, 0) is 17.7 Å². The van der Waals surface area contributed by atoms with Crippen LogP contribution in [0.15, 0.2) is 18.2 Å². The summed E-state index contributed by atoms with van der Waals surface area (Å²) in [5.74, 6) is 0.596. The van der Waals surface area contributed by atoms with Crippen molar-refractivity contribution < 1.29 is 9.84 Å². The molecule has 0 aliphatic rings. The van der Waals surface area contributed by atoms with Crippen molar-refractivity contribution in [2.24, 2.45) is 5.41 Å². The van der Waals surface area contributed by atoms with Crippen LogP contribution in [0.4, 0.5) is 0 Å². The number of hydrogen-bond donors (Lipinski definition) is 2. The predicted octanol–water partition coefficient (Wildman–Crippen LogP) is 1.67. The third-order valence-corrected chi connectivity index (χ3v) is 2.75. The third-order valence-electron chi connectivity index (χ3n) is 2.75. The molecule has 1 aromatic rings. The Morgan fingerprint density at radius 1 is 1.44 bits per heavy atom. The standard InChI is InChI=1S/C14H20N2O2/c1-14(2,10-17)9-16-8-11-4-5-12(7-15)13(6-11)18-3/h4-6,16-17H,8-10H2,1-3H3. The van der Waals surface area contributed by atoms with Gasteiger partial charge >= 0.3 is 0 Å². The molecule has 0 spiro atoms. The molecule has 0 bridgehead atoms. The van der Waals surface area contributed by atoms with Crippen molar-refractivity contribution >= 4 is 0 Å². The van der Waals surface area contributed by atoms with Crippen LogP contribution < -0.4 is 10.1 Å². The van der Waals surface area contributed by atoms with Crippen LogP contribution in [-0.4, -0.2) is 25.4 Å². The minimum absolute atomic E-state index is 0.128. The van der Waals surface area contributed by atoms with Gasteiger partial charge in [-0.15, -0.1) is 0 Å². The number of ether oxygens (including phenoxy) is 1. The number of hydrogen-bond acceptors (Lipinski definition) is 4. The summed E-state index contributed by atoms with van der Waals surface area (Å²) in [6.45, 7) is 5.56. The minimum Gasteiger partial charge on any atom is -0.495 e. The van der Waals surface area contributed by atoms with Crippen molar-refractivity contribution in [3.63, 3.8) is 0 Å². The lowest BCUT2D eigenvalue weighted by atomic mass is 9.95. The van der Waals surface area contributed by atoms with Gasteiger partial charge in [0.25, 0.3) is 0 Å². The normalized spacial score (nSPS) is 11.1. The van der Waals surface area contributed by atoms with Crippen LogP contribution in [0.1, 0.15) is 25.0 Å². The first-order chi connectivity index (χ1) is 8.52. The Balaban J connectivity index is 2.61. The fraction of sp³-hybridized carbons (Fsp3) is 0.500. The van der Waals surface area contributed by atoms with E-state index >= 15 is 0 Å². The summed E-state index contributed by atoms with van der Waals surface area (Å²) in [4.78, 5) is 0. The number of nitrogens with one attached hydrogen (secondary N) is 1. The van der Waals surface area contributed by atoms with Crippen molar-refractivity contribution in [3.05, 3.63) is 29.3 Å². The molecule has 1 rings (SSSR count). The van der Waals surface area contributed by atoms with E-state index < -0.39 is 0 Å². The summed E-state index contributed by atoms with van der Waals surface area (Å²) >= 11 is 0. The Morgan fingerprint density at radius 2 is 2.17 bits per heavy atom. The van der Waals surface area contributed by atoms with Gasteiger partial charge in [0, 0.05) is 25.1 Å². The maximum absolute atomic E-state index is 9.15. The van der Waals surface area contributed by atoms with E-state index in [1.165, 1.54) is 0 Å². The van der Waals surface area contributed by atoms with E-state index in [9.17, 15) is 0 Å².